The van der Waals surface area contributed by atoms with Crippen molar-refractivity contribution in [1.29, 1.82) is 0 Å². The van der Waals surface area contributed by atoms with Gasteiger partial charge < -0.3 is 14.5 Å². The van der Waals surface area contributed by atoms with Gasteiger partial charge in [0, 0.05) is 43.9 Å². The molecule has 2 fully saturated rings. The van der Waals surface area contributed by atoms with E-state index in [0.717, 1.165) is 32.2 Å². The van der Waals surface area contributed by atoms with Gasteiger partial charge in [-0.2, -0.15) is 4.98 Å². The maximum Gasteiger partial charge on any atom is 0.323 e. The largest absolute Gasteiger partial charge is 0.460 e. The third-order valence-corrected chi connectivity index (χ3v) is 6.32. The summed E-state index contributed by atoms with van der Waals surface area (Å²) in [5.41, 5.74) is 2.57. The van der Waals surface area contributed by atoms with E-state index in [0.29, 0.717) is 31.0 Å². The molecule has 2 aromatic heterocycles. The molecule has 8 heteroatoms. The Morgan fingerprint density at radius 2 is 1.97 bits per heavy atom. The average molecular weight is 409 g/mol. The molecule has 2 aliphatic heterocycles. The molecule has 1 N–H and O–H groups in total. The van der Waals surface area contributed by atoms with Gasteiger partial charge in [0.25, 0.3) is 0 Å². The van der Waals surface area contributed by atoms with Crippen LogP contribution in [0, 0.1) is 0 Å². The maximum atomic E-state index is 12.7. The molecule has 158 valence electrons. The van der Waals surface area contributed by atoms with Crippen molar-refractivity contribution >= 4 is 17.5 Å². The smallest absolute Gasteiger partial charge is 0.323 e. The van der Waals surface area contributed by atoms with Crippen LogP contribution in [0.3, 0.4) is 0 Å². The van der Waals surface area contributed by atoms with Crippen molar-refractivity contribution in [1.82, 2.24) is 19.9 Å². The minimum absolute atomic E-state index is 0.125. The number of fused-ring (bicyclic) bond motifs is 1. The van der Waals surface area contributed by atoms with Crippen molar-refractivity contribution in [2.24, 2.45) is 0 Å². The molecule has 0 aromatic carbocycles. The van der Waals surface area contributed by atoms with Crippen molar-refractivity contribution in [2.45, 2.75) is 57.1 Å². The molecule has 8 nitrogen and oxygen atoms in total. The Hall–Kier alpha value is -2.90. The van der Waals surface area contributed by atoms with Crippen LogP contribution in [0.15, 0.2) is 30.7 Å². The number of ether oxygens (including phenoxy) is 1. The minimum atomic E-state index is -0.125. The lowest BCUT2D eigenvalue weighted by Gasteiger charge is -2.47. The van der Waals surface area contributed by atoms with Gasteiger partial charge in [-0.05, 0) is 56.2 Å². The van der Waals surface area contributed by atoms with Crippen LogP contribution in [0.2, 0.25) is 0 Å². The van der Waals surface area contributed by atoms with Gasteiger partial charge in [0.1, 0.15) is 11.9 Å². The molecule has 0 radical (unpaired) electrons. The van der Waals surface area contributed by atoms with Crippen LogP contribution in [0.1, 0.15) is 44.1 Å². The summed E-state index contributed by atoms with van der Waals surface area (Å²) < 4.78 is 5.91. The molecular formula is C22H28N6O2. The summed E-state index contributed by atoms with van der Waals surface area (Å²) >= 11 is 0. The fraction of sp³-hybridized carbons (Fsp3) is 0.545. The molecule has 5 rings (SSSR count). The van der Waals surface area contributed by atoms with Gasteiger partial charge in [-0.3, -0.25) is 10.3 Å². The Labute approximate surface area is 176 Å². The number of anilines is 2. The highest BCUT2D eigenvalue weighted by molar-refractivity contribution is 5.89. The molecular weight excluding hydrogens is 380 g/mol. The summed E-state index contributed by atoms with van der Waals surface area (Å²) in [4.78, 5) is 29.7. The van der Waals surface area contributed by atoms with Gasteiger partial charge in [-0.15, -0.1) is 0 Å². The van der Waals surface area contributed by atoms with E-state index in [1.165, 1.54) is 30.5 Å². The summed E-state index contributed by atoms with van der Waals surface area (Å²) in [5.74, 6) is 0.485. The van der Waals surface area contributed by atoms with Crippen molar-refractivity contribution in [3.05, 3.63) is 36.3 Å². The number of hydrogen-bond acceptors (Lipinski definition) is 6. The van der Waals surface area contributed by atoms with Gasteiger partial charge in [0.2, 0.25) is 0 Å². The van der Waals surface area contributed by atoms with Crippen LogP contribution in [0.4, 0.5) is 16.3 Å². The number of amides is 2. The first kappa shape index (κ1) is 19.1. The second kappa shape index (κ2) is 8.45. The molecule has 0 unspecified atom stereocenters. The van der Waals surface area contributed by atoms with E-state index in [1.54, 1.807) is 12.3 Å². The number of nitrogens with zero attached hydrogens (tertiary/aromatic N) is 5. The van der Waals surface area contributed by atoms with Crippen molar-refractivity contribution < 1.29 is 9.53 Å². The van der Waals surface area contributed by atoms with Crippen LogP contribution < -0.4 is 15.0 Å². The van der Waals surface area contributed by atoms with Crippen molar-refractivity contribution in [3.63, 3.8) is 0 Å². The number of aromatic nitrogens is 3. The Morgan fingerprint density at radius 1 is 1.10 bits per heavy atom. The Morgan fingerprint density at radius 3 is 2.83 bits per heavy atom. The molecule has 2 amide bonds. The van der Waals surface area contributed by atoms with Crippen LogP contribution in [-0.2, 0) is 6.42 Å². The predicted octanol–water partition coefficient (Wildman–Crippen LogP) is 3.25. The van der Waals surface area contributed by atoms with Gasteiger partial charge >= 0.3 is 12.0 Å². The average Bonchev–Trinajstić information content (AvgIpc) is 2.74. The van der Waals surface area contributed by atoms with E-state index in [4.69, 9.17) is 4.74 Å². The standard InChI is InChI=1S/C22H28N6O2/c29-22(26-20-9-11-24-21(25-20)30-18-6-2-1-3-7-18)27-14-17(15-27)28-12-4-5-16-13-23-10-8-19(16)28/h8-11,13,17-18H,1-7,12,14-15H2,(H,24,25,26,29). The lowest BCUT2D eigenvalue weighted by atomic mass is 9.98. The molecule has 0 bridgehead atoms. The fourth-order valence-electron chi connectivity index (χ4n) is 4.64. The first-order valence-electron chi connectivity index (χ1n) is 11.0. The highest BCUT2D eigenvalue weighted by Gasteiger charge is 2.36. The third-order valence-electron chi connectivity index (χ3n) is 6.32. The number of nitrogens with one attached hydrogen (secondary N) is 1. The highest BCUT2D eigenvalue weighted by atomic mass is 16.5. The number of likely N-dealkylation sites (tertiary alicyclic amines) is 1. The summed E-state index contributed by atoms with van der Waals surface area (Å²) in [6, 6.07) is 4.37. The molecule has 30 heavy (non-hydrogen) atoms. The summed E-state index contributed by atoms with van der Waals surface area (Å²) in [6.45, 7) is 2.46. The summed E-state index contributed by atoms with van der Waals surface area (Å²) in [6.07, 6.45) is 13.6. The zero-order valence-electron chi connectivity index (χ0n) is 17.2. The van der Waals surface area contributed by atoms with E-state index in [2.05, 4.69) is 31.2 Å². The third kappa shape index (κ3) is 4.04. The second-order valence-electron chi connectivity index (χ2n) is 8.39. The molecule has 1 saturated carbocycles. The van der Waals surface area contributed by atoms with Crippen LogP contribution >= 0.6 is 0 Å². The number of pyridine rings is 1. The predicted molar refractivity (Wildman–Crippen MR) is 114 cm³/mol. The number of rotatable bonds is 4. The Balaban J connectivity index is 1.15. The highest BCUT2D eigenvalue weighted by Crippen LogP contribution is 2.30. The molecule has 2 aromatic rings. The second-order valence-corrected chi connectivity index (χ2v) is 8.39. The molecule has 0 atom stereocenters. The number of carbonyl (C=O) groups is 1. The first-order valence-corrected chi connectivity index (χ1v) is 11.0. The van der Waals surface area contributed by atoms with Gasteiger partial charge in [0.15, 0.2) is 0 Å². The summed E-state index contributed by atoms with van der Waals surface area (Å²) in [7, 11) is 0. The maximum absolute atomic E-state index is 12.7. The van der Waals surface area contributed by atoms with Crippen molar-refractivity contribution in [2.75, 3.05) is 29.9 Å². The van der Waals surface area contributed by atoms with Gasteiger partial charge in [-0.25, -0.2) is 9.78 Å². The van der Waals surface area contributed by atoms with E-state index in [9.17, 15) is 4.79 Å². The number of hydrogen-bond donors (Lipinski definition) is 1. The number of urea groups is 1. The van der Waals surface area contributed by atoms with E-state index in [1.807, 2.05) is 17.3 Å². The topological polar surface area (TPSA) is 83.5 Å². The monoisotopic (exact) mass is 408 g/mol. The Bertz CT molecular complexity index is 895. The quantitative estimate of drug-likeness (QED) is 0.836. The van der Waals surface area contributed by atoms with Crippen LogP contribution in [0.25, 0.3) is 0 Å². The lowest BCUT2D eigenvalue weighted by molar-refractivity contribution is 0.142. The van der Waals surface area contributed by atoms with Crippen molar-refractivity contribution in [3.8, 4) is 6.01 Å². The fourth-order valence-corrected chi connectivity index (χ4v) is 4.64. The van der Waals surface area contributed by atoms with E-state index < -0.39 is 0 Å². The van der Waals surface area contributed by atoms with Gasteiger partial charge in [0.05, 0.1) is 6.04 Å². The van der Waals surface area contributed by atoms with Gasteiger partial charge in [-0.1, -0.05) is 6.42 Å². The Kier molecular flexibility index (Phi) is 5.38. The van der Waals surface area contributed by atoms with E-state index >= 15 is 0 Å². The zero-order chi connectivity index (χ0) is 20.3. The summed E-state index contributed by atoms with van der Waals surface area (Å²) in [5, 5.41) is 2.89. The van der Waals surface area contributed by atoms with E-state index in [-0.39, 0.29) is 12.1 Å². The zero-order valence-corrected chi connectivity index (χ0v) is 17.2. The normalized spacial score (nSPS) is 19.7. The SMILES string of the molecule is O=C(Nc1ccnc(OC2CCCCC2)n1)N1CC(N2CCCc3cnccc32)C1. The number of carbonyl (C=O) groups excluding carboxylic acids is 1. The minimum Gasteiger partial charge on any atom is -0.460 e. The van der Waals surface area contributed by atoms with Crippen LogP contribution in [-0.4, -0.2) is 57.7 Å². The molecule has 4 heterocycles. The first-order chi connectivity index (χ1) is 14.8. The molecule has 1 aliphatic carbocycles. The molecule has 0 spiro atoms. The molecule has 3 aliphatic rings. The van der Waals surface area contributed by atoms with Crippen LogP contribution in [0.5, 0.6) is 6.01 Å². The molecule has 1 saturated heterocycles. The lowest BCUT2D eigenvalue weighted by Crippen LogP contribution is -2.62. The number of aryl methyl sites for hydroxylation is 1.